The van der Waals surface area contributed by atoms with Gasteiger partial charge in [-0.05, 0) is 53.8 Å². The second kappa shape index (κ2) is 7.85. The summed E-state index contributed by atoms with van der Waals surface area (Å²) in [5.41, 5.74) is -0.477. The zero-order valence-corrected chi connectivity index (χ0v) is 13.1. The van der Waals surface area contributed by atoms with E-state index in [9.17, 15) is 4.79 Å². The highest BCUT2D eigenvalue weighted by Crippen LogP contribution is 2.21. The average Bonchev–Trinajstić information content (AvgIpc) is 2.43. The third-order valence-corrected chi connectivity index (χ3v) is 4.36. The van der Waals surface area contributed by atoms with E-state index in [2.05, 4.69) is 22.6 Å². The Hall–Kier alpha value is -0.610. The van der Waals surface area contributed by atoms with Crippen LogP contribution < -0.4 is 10.6 Å². The summed E-state index contributed by atoms with van der Waals surface area (Å²) in [6, 6.07) is 0.762. The van der Waals surface area contributed by atoms with Crippen LogP contribution in [0.5, 0.6) is 0 Å². The fraction of sp³-hybridized carbons (Fsp3) is 0.933. The van der Waals surface area contributed by atoms with Gasteiger partial charge in [0.05, 0.1) is 5.54 Å². The first kappa shape index (κ1) is 16.4. The van der Waals surface area contributed by atoms with Crippen LogP contribution in [0.15, 0.2) is 0 Å². The lowest BCUT2D eigenvalue weighted by Gasteiger charge is -2.31. The Morgan fingerprint density at radius 3 is 2.47 bits per heavy atom. The third kappa shape index (κ3) is 5.49. The van der Waals surface area contributed by atoms with E-state index in [4.69, 9.17) is 0 Å². The van der Waals surface area contributed by atoms with Crippen molar-refractivity contribution in [3.63, 3.8) is 0 Å². The molecular formula is C15H31N3O. The van der Waals surface area contributed by atoms with Crippen LogP contribution in [0.25, 0.3) is 0 Å². The lowest BCUT2D eigenvalue weighted by atomic mass is 9.94. The lowest BCUT2D eigenvalue weighted by Crippen LogP contribution is -2.51. The molecular weight excluding hydrogens is 238 g/mol. The Bertz CT molecular complexity index is 273. The van der Waals surface area contributed by atoms with Crippen molar-refractivity contribution < 1.29 is 4.79 Å². The molecule has 1 aliphatic carbocycles. The molecule has 0 aromatic rings. The van der Waals surface area contributed by atoms with Gasteiger partial charge in [0.2, 0.25) is 5.91 Å². The lowest BCUT2D eigenvalue weighted by molar-refractivity contribution is -0.126. The van der Waals surface area contributed by atoms with Crippen LogP contribution >= 0.6 is 0 Å². The molecule has 0 aromatic heterocycles. The van der Waals surface area contributed by atoms with Crippen molar-refractivity contribution in [1.29, 1.82) is 0 Å². The molecule has 2 N–H and O–H groups in total. The summed E-state index contributed by atoms with van der Waals surface area (Å²) in [6.07, 6.45) is 7.87. The Labute approximate surface area is 118 Å². The normalized spacial score (nSPS) is 17.7. The van der Waals surface area contributed by atoms with Gasteiger partial charge in [-0.3, -0.25) is 4.79 Å². The molecule has 112 valence electrons. The summed E-state index contributed by atoms with van der Waals surface area (Å²) < 4.78 is 0. The second-order valence-electron chi connectivity index (χ2n) is 6.26. The number of hydrogen-bond acceptors (Lipinski definition) is 3. The first-order valence-electron chi connectivity index (χ1n) is 7.65. The Morgan fingerprint density at radius 1 is 1.26 bits per heavy atom. The molecule has 1 rings (SSSR count). The molecule has 0 heterocycles. The largest absolute Gasteiger partial charge is 0.354 e. The van der Waals surface area contributed by atoms with E-state index in [1.165, 1.54) is 32.1 Å². The average molecular weight is 269 g/mol. The van der Waals surface area contributed by atoms with Crippen molar-refractivity contribution in [1.82, 2.24) is 15.5 Å². The fourth-order valence-corrected chi connectivity index (χ4v) is 2.57. The summed E-state index contributed by atoms with van der Waals surface area (Å²) in [5.74, 6) is 0.0790. The number of likely N-dealkylation sites (N-methyl/N-ethyl adjacent to an activating group) is 1. The monoisotopic (exact) mass is 269 g/mol. The first-order valence-corrected chi connectivity index (χ1v) is 7.65. The SMILES string of the molecule is CNC(C)(C)C(=O)NCCCN(C)C1CCCCC1. The van der Waals surface area contributed by atoms with E-state index >= 15 is 0 Å². The number of rotatable bonds is 7. The zero-order valence-electron chi connectivity index (χ0n) is 13.1. The van der Waals surface area contributed by atoms with Crippen LogP contribution in [-0.2, 0) is 4.79 Å². The molecule has 0 unspecified atom stereocenters. The molecule has 1 saturated carbocycles. The summed E-state index contributed by atoms with van der Waals surface area (Å²) in [4.78, 5) is 14.3. The maximum atomic E-state index is 11.9. The third-order valence-electron chi connectivity index (χ3n) is 4.36. The van der Waals surface area contributed by atoms with Crippen LogP contribution in [0, 0.1) is 0 Å². The number of nitrogens with one attached hydrogen (secondary N) is 2. The molecule has 0 aromatic carbocycles. The predicted octanol–water partition coefficient (Wildman–Crippen LogP) is 1.76. The van der Waals surface area contributed by atoms with E-state index in [1.807, 2.05) is 20.9 Å². The molecule has 4 heteroatoms. The van der Waals surface area contributed by atoms with Gasteiger partial charge >= 0.3 is 0 Å². The van der Waals surface area contributed by atoms with Crippen molar-refractivity contribution >= 4 is 5.91 Å². The molecule has 1 amide bonds. The molecule has 0 atom stereocenters. The van der Waals surface area contributed by atoms with Gasteiger partial charge in [-0.2, -0.15) is 0 Å². The number of carbonyl (C=O) groups excluding carboxylic acids is 1. The van der Waals surface area contributed by atoms with Crippen LogP contribution in [0.4, 0.5) is 0 Å². The van der Waals surface area contributed by atoms with Crippen molar-refractivity contribution in [3.05, 3.63) is 0 Å². The molecule has 1 aliphatic rings. The van der Waals surface area contributed by atoms with Gasteiger partial charge in [0.25, 0.3) is 0 Å². The second-order valence-corrected chi connectivity index (χ2v) is 6.26. The van der Waals surface area contributed by atoms with E-state index in [0.717, 1.165) is 25.6 Å². The Morgan fingerprint density at radius 2 is 1.89 bits per heavy atom. The molecule has 0 aliphatic heterocycles. The van der Waals surface area contributed by atoms with Crippen LogP contribution in [0.1, 0.15) is 52.4 Å². The summed E-state index contributed by atoms with van der Waals surface area (Å²) >= 11 is 0. The van der Waals surface area contributed by atoms with Crippen molar-refractivity contribution in [3.8, 4) is 0 Å². The van der Waals surface area contributed by atoms with E-state index < -0.39 is 5.54 Å². The maximum absolute atomic E-state index is 11.9. The molecule has 0 bridgehead atoms. The predicted molar refractivity (Wildman–Crippen MR) is 80.3 cm³/mol. The van der Waals surface area contributed by atoms with Crippen molar-refractivity contribution in [2.24, 2.45) is 0 Å². The van der Waals surface area contributed by atoms with Gasteiger partial charge in [0.15, 0.2) is 0 Å². The molecule has 0 spiro atoms. The number of nitrogens with zero attached hydrogens (tertiary/aromatic N) is 1. The Balaban J connectivity index is 2.14. The van der Waals surface area contributed by atoms with E-state index in [0.29, 0.717) is 0 Å². The Kier molecular flexibility index (Phi) is 6.80. The fourth-order valence-electron chi connectivity index (χ4n) is 2.57. The summed E-state index contributed by atoms with van der Waals surface area (Å²) in [6.45, 7) is 5.64. The van der Waals surface area contributed by atoms with Gasteiger partial charge in [-0.15, -0.1) is 0 Å². The minimum Gasteiger partial charge on any atom is -0.354 e. The van der Waals surface area contributed by atoms with Crippen molar-refractivity contribution in [2.75, 3.05) is 27.2 Å². The molecule has 1 fully saturated rings. The highest BCUT2D eigenvalue weighted by molar-refractivity contribution is 5.85. The topological polar surface area (TPSA) is 44.4 Å². The molecule has 19 heavy (non-hydrogen) atoms. The number of hydrogen-bond donors (Lipinski definition) is 2. The molecule has 0 radical (unpaired) electrons. The maximum Gasteiger partial charge on any atom is 0.239 e. The van der Waals surface area contributed by atoms with Gasteiger partial charge in [-0.1, -0.05) is 19.3 Å². The minimum absolute atomic E-state index is 0.0790. The summed E-state index contributed by atoms with van der Waals surface area (Å²) in [5, 5.41) is 6.02. The van der Waals surface area contributed by atoms with Gasteiger partial charge < -0.3 is 15.5 Å². The highest BCUT2D eigenvalue weighted by atomic mass is 16.2. The van der Waals surface area contributed by atoms with Gasteiger partial charge in [-0.25, -0.2) is 0 Å². The van der Waals surface area contributed by atoms with Crippen LogP contribution in [0.3, 0.4) is 0 Å². The van der Waals surface area contributed by atoms with Crippen LogP contribution in [0.2, 0.25) is 0 Å². The number of carbonyl (C=O) groups is 1. The highest BCUT2D eigenvalue weighted by Gasteiger charge is 2.24. The zero-order chi connectivity index (χ0) is 14.3. The number of amides is 1. The molecule has 0 saturated heterocycles. The van der Waals surface area contributed by atoms with Crippen LogP contribution in [-0.4, -0.2) is 49.6 Å². The minimum atomic E-state index is -0.477. The van der Waals surface area contributed by atoms with E-state index in [1.54, 1.807) is 0 Å². The summed E-state index contributed by atoms with van der Waals surface area (Å²) in [7, 11) is 4.03. The van der Waals surface area contributed by atoms with Gasteiger partial charge in [0, 0.05) is 12.6 Å². The van der Waals surface area contributed by atoms with E-state index in [-0.39, 0.29) is 5.91 Å². The van der Waals surface area contributed by atoms with Gasteiger partial charge in [0.1, 0.15) is 0 Å². The smallest absolute Gasteiger partial charge is 0.239 e. The molecule has 4 nitrogen and oxygen atoms in total. The standard InChI is InChI=1S/C15H31N3O/c1-15(2,16-3)14(19)17-11-8-12-18(4)13-9-6-5-7-10-13/h13,16H,5-12H2,1-4H3,(H,17,19). The quantitative estimate of drug-likeness (QED) is 0.692. The van der Waals surface area contributed by atoms with Crippen molar-refractivity contribution in [2.45, 2.75) is 64.0 Å². The first-order chi connectivity index (χ1) is 8.97.